The van der Waals surface area contributed by atoms with E-state index in [2.05, 4.69) is 4.98 Å². The Morgan fingerprint density at radius 3 is 2.35 bits per heavy atom. The van der Waals surface area contributed by atoms with Crippen LogP contribution in [0.5, 0.6) is 0 Å². The van der Waals surface area contributed by atoms with Crippen molar-refractivity contribution in [2.24, 2.45) is 0 Å². The molecule has 1 saturated heterocycles. The summed E-state index contributed by atoms with van der Waals surface area (Å²) in [7, 11) is 0. The number of ketones is 1. The summed E-state index contributed by atoms with van der Waals surface area (Å²) in [6.45, 7) is 1.41. The van der Waals surface area contributed by atoms with E-state index in [4.69, 9.17) is 0 Å². The van der Waals surface area contributed by atoms with Crippen LogP contribution in [0.3, 0.4) is 0 Å². The number of anilines is 1. The molecule has 0 radical (unpaired) electrons. The molecule has 17 heavy (non-hydrogen) atoms. The van der Waals surface area contributed by atoms with Gasteiger partial charge in [0.2, 0.25) is 11.8 Å². The lowest BCUT2D eigenvalue weighted by Crippen LogP contribution is -2.35. The summed E-state index contributed by atoms with van der Waals surface area (Å²) in [5.74, 6) is -0.615. The third-order valence-electron chi connectivity index (χ3n) is 2.57. The maximum atomic E-state index is 11.8. The van der Waals surface area contributed by atoms with E-state index in [1.165, 1.54) is 6.92 Å². The molecule has 0 spiro atoms. The second-order valence-electron chi connectivity index (χ2n) is 3.90. The maximum absolute atomic E-state index is 11.8. The molecule has 1 aliphatic heterocycles. The van der Waals surface area contributed by atoms with E-state index >= 15 is 0 Å². The van der Waals surface area contributed by atoms with Gasteiger partial charge in [-0.25, -0.2) is 9.88 Å². The number of hydrogen-bond acceptors (Lipinski definition) is 5. The Labute approximate surface area is 102 Å². The van der Waals surface area contributed by atoms with Gasteiger partial charge >= 0.3 is 0 Å². The highest BCUT2D eigenvalue weighted by atomic mass is 32.1. The zero-order chi connectivity index (χ0) is 12.4. The van der Waals surface area contributed by atoms with Gasteiger partial charge in [-0.2, -0.15) is 0 Å². The summed E-state index contributed by atoms with van der Waals surface area (Å²) in [6, 6.07) is 0. The van der Waals surface area contributed by atoms with Gasteiger partial charge in [0.15, 0.2) is 10.9 Å². The van der Waals surface area contributed by atoms with Gasteiger partial charge in [0.05, 0.1) is 0 Å². The summed E-state index contributed by atoms with van der Waals surface area (Å²) in [5, 5.41) is 1.88. The Bertz CT molecular complexity index is 463. The van der Waals surface area contributed by atoms with E-state index in [1.807, 2.05) is 0 Å². The Morgan fingerprint density at radius 2 is 1.88 bits per heavy atom. The van der Waals surface area contributed by atoms with Gasteiger partial charge in [-0.1, -0.05) is 0 Å². The monoisotopic (exact) mass is 252 g/mol. The molecule has 0 bridgehead atoms. The molecule has 0 saturated carbocycles. The molecule has 6 heteroatoms. The minimum Gasteiger partial charge on any atom is -0.293 e. The van der Waals surface area contributed by atoms with Crippen molar-refractivity contribution in [1.29, 1.82) is 0 Å². The molecule has 0 atom stereocenters. The van der Waals surface area contributed by atoms with Gasteiger partial charge in [0, 0.05) is 25.1 Å². The molecule has 0 unspecified atom stereocenters. The lowest BCUT2D eigenvalue weighted by Gasteiger charge is -2.14. The largest absolute Gasteiger partial charge is 0.293 e. The van der Waals surface area contributed by atoms with E-state index in [1.54, 1.807) is 5.38 Å². The van der Waals surface area contributed by atoms with E-state index in [9.17, 15) is 14.4 Å². The molecule has 1 fully saturated rings. The fourth-order valence-corrected chi connectivity index (χ4v) is 2.55. The van der Waals surface area contributed by atoms with E-state index < -0.39 is 0 Å². The van der Waals surface area contributed by atoms with E-state index in [0.29, 0.717) is 23.7 Å². The Balaban J connectivity index is 2.31. The molecular weight excluding hydrogens is 240 g/mol. The number of aromatic nitrogens is 1. The normalized spacial score (nSPS) is 17.1. The molecule has 2 rings (SSSR count). The SMILES string of the molecule is CC(=O)c1csc(N2C(=O)CCCCC2=O)n1. The molecular formula is C11H12N2O3S. The number of hydrogen-bond donors (Lipinski definition) is 0. The number of nitrogens with zero attached hydrogens (tertiary/aromatic N) is 2. The average Bonchev–Trinajstić information content (AvgIpc) is 2.68. The number of carbonyl (C=O) groups excluding carboxylic acids is 3. The maximum Gasteiger partial charge on any atom is 0.235 e. The molecule has 1 aliphatic rings. The van der Waals surface area contributed by atoms with Gasteiger partial charge < -0.3 is 0 Å². The van der Waals surface area contributed by atoms with Gasteiger partial charge in [-0.3, -0.25) is 14.4 Å². The lowest BCUT2D eigenvalue weighted by molar-refractivity contribution is -0.125. The first-order chi connectivity index (χ1) is 8.09. The van der Waals surface area contributed by atoms with Crippen molar-refractivity contribution < 1.29 is 14.4 Å². The van der Waals surface area contributed by atoms with Crippen molar-refractivity contribution in [2.45, 2.75) is 32.6 Å². The third-order valence-corrected chi connectivity index (χ3v) is 3.40. The van der Waals surface area contributed by atoms with E-state index in [0.717, 1.165) is 29.1 Å². The third kappa shape index (κ3) is 2.41. The molecule has 0 N–H and O–H groups in total. The van der Waals surface area contributed by atoms with Crippen LogP contribution in [0, 0.1) is 0 Å². The smallest absolute Gasteiger partial charge is 0.235 e. The topological polar surface area (TPSA) is 67.3 Å². The molecule has 0 aliphatic carbocycles. The van der Waals surface area contributed by atoms with Crippen LogP contribution in [-0.2, 0) is 9.59 Å². The van der Waals surface area contributed by atoms with Gasteiger partial charge in [-0.15, -0.1) is 11.3 Å². The number of imide groups is 1. The minimum atomic E-state index is -0.225. The highest BCUT2D eigenvalue weighted by Crippen LogP contribution is 2.25. The Kier molecular flexibility index (Phi) is 3.33. The highest BCUT2D eigenvalue weighted by Gasteiger charge is 2.28. The predicted molar refractivity (Wildman–Crippen MR) is 63.1 cm³/mol. The van der Waals surface area contributed by atoms with Crippen LogP contribution in [0.1, 0.15) is 43.1 Å². The predicted octanol–water partition coefficient (Wildman–Crippen LogP) is 1.78. The van der Waals surface area contributed by atoms with Crippen LogP contribution in [-0.4, -0.2) is 22.6 Å². The van der Waals surface area contributed by atoms with Crippen molar-refractivity contribution >= 4 is 34.1 Å². The van der Waals surface area contributed by atoms with Crippen molar-refractivity contribution in [3.8, 4) is 0 Å². The second-order valence-corrected chi connectivity index (χ2v) is 4.74. The quantitative estimate of drug-likeness (QED) is 0.594. The highest BCUT2D eigenvalue weighted by molar-refractivity contribution is 7.14. The first-order valence-corrected chi connectivity index (χ1v) is 6.30. The molecule has 1 aromatic rings. The number of amides is 2. The van der Waals surface area contributed by atoms with Crippen LogP contribution in [0.2, 0.25) is 0 Å². The van der Waals surface area contributed by atoms with Crippen molar-refractivity contribution in [2.75, 3.05) is 4.90 Å². The molecule has 2 amide bonds. The summed E-state index contributed by atoms with van der Waals surface area (Å²) in [4.78, 5) is 39.9. The van der Waals surface area contributed by atoms with Gasteiger partial charge in [0.1, 0.15) is 5.69 Å². The standard InChI is InChI=1S/C11H12N2O3S/c1-7(14)8-6-17-11(12-8)13-9(15)4-2-3-5-10(13)16/h6H,2-5H2,1H3. The summed E-state index contributed by atoms with van der Waals surface area (Å²) >= 11 is 1.15. The van der Waals surface area contributed by atoms with Crippen LogP contribution in [0.15, 0.2) is 5.38 Å². The van der Waals surface area contributed by atoms with Crippen LogP contribution < -0.4 is 4.90 Å². The summed E-state index contributed by atoms with van der Waals surface area (Å²) in [5.41, 5.74) is 0.301. The number of rotatable bonds is 2. The Hall–Kier alpha value is -1.56. The number of thiazole rings is 1. The van der Waals surface area contributed by atoms with Crippen molar-refractivity contribution in [3.05, 3.63) is 11.1 Å². The fraction of sp³-hybridized carbons (Fsp3) is 0.455. The molecule has 5 nitrogen and oxygen atoms in total. The zero-order valence-electron chi connectivity index (χ0n) is 9.43. The van der Waals surface area contributed by atoms with Crippen molar-refractivity contribution in [1.82, 2.24) is 4.98 Å². The molecule has 0 aromatic carbocycles. The summed E-state index contributed by atoms with van der Waals surface area (Å²) in [6.07, 6.45) is 2.18. The average molecular weight is 252 g/mol. The first kappa shape index (κ1) is 11.9. The second kappa shape index (κ2) is 4.75. The lowest BCUT2D eigenvalue weighted by atomic mass is 10.2. The van der Waals surface area contributed by atoms with Crippen LogP contribution >= 0.6 is 11.3 Å². The van der Waals surface area contributed by atoms with Gasteiger partial charge in [0.25, 0.3) is 0 Å². The first-order valence-electron chi connectivity index (χ1n) is 5.42. The minimum absolute atomic E-state index is 0.165. The molecule has 1 aromatic heterocycles. The van der Waals surface area contributed by atoms with E-state index in [-0.39, 0.29) is 17.6 Å². The van der Waals surface area contributed by atoms with Crippen LogP contribution in [0.4, 0.5) is 5.13 Å². The fourth-order valence-electron chi connectivity index (χ4n) is 1.66. The van der Waals surface area contributed by atoms with Crippen molar-refractivity contribution in [3.63, 3.8) is 0 Å². The molecule has 90 valence electrons. The Morgan fingerprint density at radius 1 is 1.29 bits per heavy atom. The van der Waals surface area contributed by atoms with Crippen LogP contribution in [0.25, 0.3) is 0 Å². The zero-order valence-corrected chi connectivity index (χ0v) is 10.2. The summed E-state index contributed by atoms with van der Waals surface area (Å²) < 4.78 is 0. The number of Topliss-reactive ketones (excluding diaryl/α,β-unsaturated/α-hetero) is 1. The number of carbonyl (C=O) groups is 3. The molecule has 2 heterocycles. The van der Waals surface area contributed by atoms with Gasteiger partial charge in [-0.05, 0) is 12.8 Å².